The SMILES string of the molecule is CCNC(=O)NC(=O)[C@@H](C)Sc1ncccn1. The van der Waals surface area contributed by atoms with E-state index in [0.29, 0.717) is 11.7 Å². The summed E-state index contributed by atoms with van der Waals surface area (Å²) in [6.07, 6.45) is 3.20. The van der Waals surface area contributed by atoms with E-state index in [-0.39, 0.29) is 5.91 Å². The molecule has 1 rings (SSSR count). The normalized spacial score (nSPS) is 11.6. The molecule has 1 aromatic rings. The first-order valence-corrected chi connectivity index (χ1v) is 6.03. The summed E-state index contributed by atoms with van der Waals surface area (Å²) >= 11 is 1.20. The molecule has 1 atom stereocenters. The number of nitrogens with zero attached hydrogens (tertiary/aromatic N) is 2. The highest BCUT2D eigenvalue weighted by molar-refractivity contribution is 8.00. The van der Waals surface area contributed by atoms with Gasteiger partial charge in [-0.3, -0.25) is 10.1 Å². The van der Waals surface area contributed by atoms with Gasteiger partial charge >= 0.3 is 6.03 Å². The number of carbonyl (C=O) groups excluding carboxylic acids is 2. The van der Waals surface area contributed by atoms with Gasteiger partial charge in [0.25, 0.3) is 0 Å². The lowest BCUT2D eigenvalue weighted by molar-refractivity contribution is -0.119. The van der Waals surface area contributed by atoms with Crippen LogP contribution in [0.3, 0.4) is 0 Å². The Morgan fingerprint density at radius 1 is 1.41 bits per heavy atom. The molecule has 0 aliphatic rings. The summed E-state index contributed by atoms with van der Waals surface area (Å²) in [5.41, 5.74) is 0. The lowest BCUT2D eigenvalue weighted by atomic mass is 10.4. The topological polar surface area (TPSA) is 84.0 Å². The summed E-state index contributed by atoms with van der Waals surface area (Å²) < 4.78 is 0. The molecule has 3 amide bonds. The Bertz CT molecular complexity index is 385. The molecule has 0 aliphatic carbocycles. The van der Waals surface area contributed by atoms with Crippen LogP contribution < -0.4 is 10.6 Å². The highest BCUT2D eigenvalue weighted by Gasteiger charge is 2.17. The fraction of sp³-hybridized carbons (Fsp3) is 0.400. The van der Waals surface area contributed by atoms with E-state index in [0.717, 1.165) is 0 Å². The molecular weight excluding hydrogens is 240 g/mol. The second-order valence-electron chi connectivity index (χ2n) is 3.14. The number of rotatable bonds is 4. The van der Waals surface area contributed by atoms with E-state index in [2.05, 4.69) is 20.6 Å². The number of carbonyl (C=O) groups is 2. The maximum Gasteiger partial charge on any atom is 0.321 e. The minimum Gasteiger partial charge on any atom is -0.338 e. The third kappa shape index (κ3) is 4.81. The highest BCUT2D eigenvalue weighted by Crippen LogP contribution is 2.17. The predicted octanol–water partition coefficient (Wildman–Crippen LogP) is 0.803. The van der Waals surface area contributed by atoms with Gasteiger partial charge in [-0.2, -0.15) is 0 Å². The molecule has 6 nitrogen and oxygen atoms in total. The molecule has 2 N–H and O–H groups in total. The highest BCUT2D eigenvalue weighted by atomic mass is 32.2. The number of aromatic nitrogens is 2. The summed E-state index contributed by atoms with van der Waals surface area (Å²) in [5.74, 6) is -0.367. The zero-order valence-corrected chi connectivity index (χ0v) is 10.5. The van der Waals surface area contributed by atoms with Gasteiger partial charge in [0.1, 0.15) is 0 Å². The van der Waals surface area contributed by atoms with Crippen LogP contribution in [0, 0.1) is 0 Å². The molecule has 1 heterocycles. The van der Waals surface area contributed by atoms with E-state index in [1.54, 1.807) is 32.3 Å². The van der Waals surface area contributed by atoms with Crippen LogP contribution in [0.5, 0.6) is 0 Å². The van der Waals surface area contributed by atoms with Crippen LogP contribution in [0.1, 0.15) is 13.8 Å². The van der Waals surface area contributed by atoms with Gasteiger partial charge in [-0.05, 0) is 19.9 Å². The first-order valence-electron chi connectivity index (χ1n) is 5.16. The van der Waals surface area contributed by atoms with Crippen molar-refractivity contribution < 1.29 is 9.59 Å². The Morgan fingerprint density at radius 3 is 2.65 bits per heavy atom. The quantitative estimate of drug-likeness (QED) is 0.613. The fourth-order valence-electron chi connectivity index (χ4n) is 0.976. The molecule has 0 radical (unpaired) electrons. The van der Waals surface area contributed by atoms with Gasteiger partial charge < -0.3 is 5.32 Å². The molecule has 7 heteroatoms. The first-order chi connectivity index (χ1) is 8.13. The zero-order chi connectivity index (χ0) is 12.7. The van der Waals surface area contributed by atoms with Crippen molar-refractivity contribution in [2.45, 2.75) is 24.3 Å². The summed E-state index contributed by atoms with van der Waals surface area (Å²) in [7, 11) is 0. The maximum absolute atomic E-state index is 11.6. The molecule has 0 unspecified atom stereocenters. The Hall–Kier alpha value is -1.63. The van der Waals surface area contributed by atoms with Crippen LogP contribution in [-0.4, -0.2) is 33.7 Å². The second kappa shape index (κ2) is 6.85. The summed E-state index contributed by atoms with van der Waals surface area (Å²) in [6.45, 7) is 3.94. The minimum absolute atomic E-state index is 0.367. The number of amides is 3. The molecule has 92 valence electrons. The maximum atomic E-state index is 11.6. The van der Waals surface area contributed by atoms with Crippen molar-refractivity contribution in [2.75, 3.05) is 6.54 Å². The number of nitrogens with one attached hydrogen (secondary N) is 2. The number of hydrogen-bond donors (Lipinski definition) is 2. The van der Waals surface area contributed by atoms with Crippen molar-refractivity contribution in [3.05, 3.63) is 18.5 Å². The molecule has 0 saturated heterocycles. The van der Waals surface area contributed by atoms with E-state index >= 15 is 0 Å². The molecule has 0 bridgehead atoms. The Balaban J connectivity index is 2.45. The van der Waals surface area contributed by atoms with Gasteiger partial charge in [-0.25, -0.2) is 14.8 Å². The average molecular weight is 254 g/mol. The molecule has 0 aliphatic heterocycles. The van der Waals surface area contributed by atoms with Gasteiger partial charge in [0.05, 0.1) is 5.25 Å². The van der Waals surface area contributed by atoms with Gasteiger partial charge in [0.2, 0.25) is 5.91 Å². The molecule has 0 spiro atoms. The summed E-state index contributed by atoms with van der Waals surface area (Å²) in [6, 6.07) is 1.21. The van der Waals surface area contributed by atoms with Crippen molar-refractivity contribution in [1.82, 2.24) is 20.6 Å². The smallest absolute Gasteiger partial charge is 0.321 e. The number of hydrogen-bond acceptors (Lipinski definition) is 5. The van der Waals surface area contributed by atoms with Crippen LogP contribution in [0.2, 0.25) is 0 Å². The lowest BCUT2D eigenvalue weighted by Crippen LogP contribution is -2.42. The van der Waals surface area contributed by atoms with Crippen molar-refractivity contribution in [2.24, 2.45) is 0 Å². The molecule has 1 aromatic heterocycles. The van der Waals surface area contributed by atoms with E-state index in [1.165, 1.54) is 11.8 Å². The minimum atomic E-state index is -0.487. The third-order valence-electron chi connectivity index (χ3n) is 1.77. The van der Waals surface area contributed by atoms with Crippen LogP contribution in [0.15, 0.2) is 23.6 Å². The fourth-order valence-corrected chi connectivity index (χ4v) is 1.70. The average Bonchev–Trinajstić information content (AvgIpc) is 2.30. The number of urea groups is 1. The van der Waals surface area contributed by atoms with Crippen molar-refractivity contribution in [3.8, 4) is 0 Å². The van der Waals surface area contributed by atoms with E-state index in [1.807, 2.05) is 0 Å². The van der Waals surface area contributed by atoms with Crippen LogP contribution in [0.25, 0.3) is 0 Å². The molecule has 17 heavy (non-hydrogen) atoms. The van der Waals surface area contributed by atoms with Gasteiger partial charge in [0, 0.05) is 18.9 Å². The Morgan fingerprint density at radius 2 is 2.06 bits per heavy atom. The Kier molecular flexibility index (Phi) is 5.41. The standard InChI is InChI=1S/C10H14N4O2S/c1-3-11-9(16)14-8(15)7(2)17-10-12-5-4-6-13-10/h4-7H,3H2,1-2H3,(H2,11,14,15,16)/t7-/m1/s1. The van der Waals surface area contributed by atoms with E-state index in [9.17, 15) is 9.59 Å². The van der Waals surface area contributed by atoms with Crippen LogP contribution in [0.4, 0.5) is 4.79 Å². The Labute approximate surface area is 104 Å². The summed E-state index contributed by atoms with van der Waals surface area (Å²) in [4.78, 5) is 30.7. The zero-order valence-electron chi connectivity index (χ0n) is 9.64. The van der Waals surface area contributed by atoms with Crippen LogP contribution >= 0.6 is 11.8 Å². The molecule has 0 saturated carbocycles. The number of imide groups is 1. The van der Waals surface area contributed by atoms with Gasteiger partial charge in [-0.15, -0.1) is 0 Å². The number of thioether (sulfide) groups is 1. The molecule has 0 aromatic carbocycles. The van der Waals surface area contributed by atoms with Crippen molar-refractivity contribution in [3.63, 3.8) is 0 Å². The monoisotopic (exact) mass is 254 g/mol. The molecule has 0 fully saturated rings. The third-order valence-corrected chi connectivity index (χ3v) is 2.76. The van der Waals surface area contributed by atoms with Gasteiger partial charge in [0.15, 0.2) is 5.16 Å². The van der Waals surface area contributed by atoms with E-state index < -0.39 is 11.3 Å². The first kappa shape index (κ1) is 13.4. The lowest BCUT2D eigenvalue weighted by Gasteiger charge is -2.09. The van der Waals surface area contributed by atoms with E-state index in [4.69, 9.17) is 0 Å². The molecular formula is C10H14N4O2S. The largest absolute Gasteiger partial charge is 0.338 e. The van der Waals surface area contributed by atoms with Crippen molar-refractivity contribution in [1.29, 1.82) is 0 Å². The van der Waals surface area contributed by atoms with Crippen LogP contribution in [-0.2, 0) is 4.79 Å². The summed E-state index contributed by atoms with van der Waals surface area (Å²) in [5, 5.41) is 4.79. The van der Waals surface area contributed by atoms with Crippen molar-refractivity contribution >= 4 is 23.7 Å². The predicted molar refractivity (Wildman–Crippen MR) is 64.6 cm³/mol. The van der Waals surface area contributed by atoms with Gasteiger partial charge in [-0.1, -0.05) is 11.8 Å². The second-order valence-corrected chi connectivity index (χ2v) is 4.45.